The van der Waals surface area contributed by atoms with Gasteiger partial charge in [0.15, 0.2) is 0 Å². The van der Waals surface area contributed by atoms with E-state index < -0.39 is 10.0 Å². The minimum atomic E-state index is -3.00. The molecule has 0 aromatic carbocycles. The van der Waals surface area contributed by atoms with E-state index in [1.54, 1.807) is 0 Å². The number of hydrogen-bond acceptors (Lipinski definition) is 3. The summed E-state index contributed by atoms with van der Waals surface area (Å²) < 4.78 is 23.4. The second-order valence-electron chi connectivity index (χ2n) is 2.41. The lowest BCUT2D eigenvalue weighted by Crippen LogP contribution is -2.14. The Morgan fingerprint density at radius 1 is 1.36 bits per heavy atom. The Balaban J connectivity index is 3.16. The zero-order valence-electron chi connectivity index (χ0n) is 6.96. The van der Waals surface area contributed by atoms with E-state index >= 15 is 0 Å². The average molecular weight is 197 g/mol. The van der Waals surface area contributed by atoms with Gasteiger partial charge in [-0.3, -0.25) is 0 Å². The second kappa shape index (κ2) is 5.85. The van der Waals surface area contributed by atoms with Crippen LogP contribution in [0.5, 0.6) is 0 Å². The van der Waals surface area contributed by atoms with Crippen molar-refractivity contribution in [1.82, 2.24) is 4.13 Å². The molecule has 0 spiro atoms. The van der Waals surface area contributed by atoms with Crippen LogP contribution in [0, 0.1) is 0 Å². The van der Waals surface area contributed by atoms with Crippen LogP contribution in [0.25, 0.3) is 0 Å². The van der Waals surface area contributed by atoms with Gasteiger partial charge in [-0.2, -0.15) is 4.13 Å². The van der Waals surface area contributed by atoms with Crippen LogP contribution in [0.1, 0.15) is 26.2 Å². The van der Waals surface area contributed by atoms with Crippen molar-refractivity contribution in [2.24, 2.45) is 0 Å². The zero-order valence-corrected chi connectivity index (χ0v) is 8.59. The molecule has 0 radical (unpaired) electrons. The molecule has 5 heteroatoms. The van der Waals surface area contributed by atoms with Gasteiger partial charge in [0.2, 0.25) is 10.0 Å². The molecule has 0 saturated carbocycles. The van der Waals surface area contributed by atoms with Crippen LogP contribution in [-0.4, -0.2) is 20.4 Å². The monoisotopic (exact) mass is 197 g/mol. The topological polar surface area (TPSA) is 46.2 Å². The summed E-state index contributed by atoms with van der Waals surface area (Å²) in [5, 5.41) is 0. The first-order valence-corrected chi connectivity index (χ1v) is 6.52. The molecule has 0 unspecified atom stereocenters. The summed E-state index contributed by atoms with van der Waals surface area (Å²) >= 11 is 1.26. The van der Waals surface area contributed by atoms with Crippen LogP contribution in [0.4, 0.5) is 0 Å². The summed E-state index contributed by atoms with van der Waals surface area (Å²) in [5.74, 6) is 0.862. The number of hydrogen-bond donors (Lipinski definition) is 1. The molecule has 0 aliphatic rings. The van der Waals surface area contributed by atoms with Crippen LogP contribution in [0.2, 0.25) is 0 Å². The van der Waals surface area contributed by atoms with Crippen molar-refractivity contribution in [2.75, 3.05) is 12.0 Å². The fourth-order valence-corrected chi connectivity index (χ4v) is 2.11. The largest absolute Gasteiger partial charge is 0.217 e. The van der Waals surface area contributed by atoms with E-state index in [1.165, 1.54) is 31.0 Å². The molecule has 11 heavy (non-hydrogen) atoms. The molecule has 0 amide bonds. The SMILES string of the molecule is CCCCCSNS(C)(=O)=O. The minimum Gasteiger partial charge on any atom is -0.212 e. The second-order valence-corrected chi connectivity index (χ2v) is 5.32. The van der Waals surface area contributed by atoms with Crippen molar-refractivity contribution < 1.29 is 8.42 Å². The first-order chi connectivity index (χ1) is 5.06. The normalized spacial score (nSPS) is 11.8. The minimum absolute atomic E-state index is 0.862. The Morgan fingerprint density at radius 3 is 2.45 bits per heavy atom. The van der Waals surface area contributed by atoms with Gasteiger partial charge in [-0.05, 0) is 6.42 Å². The summed E-state index contributed by atoms with van der Waals surface area (Å²) in [6.45, 7) is 2.12. The maximum absolute atomic E-state index is 10.5. The van der Waals surface area contributed by atoms with E-state index in [0.29, 0.717) is 0 Å². The summed E-state index contributed by atoms with van der Waals surface area (Å²) in [4.78, 5) is 0. The average Bonchev–Trinajstić information content (AvgIpc) is 1.85. The predicted octanol–water partition coefficient (Wildman–Crippen LogP) is 1.37. The smallest absolute Gasteiger partial charge is 0.212 e. The molecular formula is C6H15NO2S2. The van der Waals surface area contributed by atoms with Crippen molar-refractivity contribution in [2.45, 2.75) is 26.2 Å². The molecule has 0 fully saturated rings. The van der Waals surface area contributed by atoms with Gasteiger partial charge in [0, 0.05) is 5.75 Å². The molecule has 68 valence electrons. The van der Waals surface area contributed by atoms with Gasteiger partial charge < -0.3 is 0 Å². The van der Waals surface area contributed by atoms with E-state index in [1.807, 2.05) is 0 Å². The lowest BCUT2D eigenvalue weighted by Gasteiger charge is -1.99. The molecule has 0 rings (SSSR count). The quantitative estimate of drug-likeness (QED) is 0.517. The molecule has 0 aliphatic carbocycles. The van der Waals surface area contributed by atoms with E-state index in [0.717, 1.165) is 12.2 Å². The van der Waals surface area contributed by atoms with E-state index in [4.69, 9.17) is 0 Å². The Hall–Kier alpha value is 0.260. The summed E-state index contributed by atoms with van der Waals surface area (Å²) in [5.41, 5.74) is 0. The Kier molecular flexibility index (Phi) is 5.99. The fraction of sp³-hybridized carbons (Fsp3) is 1.00. The van der Waals surface area contributed by atoms with Crippen LogP contribution in [-0.2, 0) is 10.0 Å². The zero-order chi connectivity index (χ0) is 8.74. The summed E-state index contributed by atoms with van der Waals surface area (Å²) in [6, 6.07) is 0. The highest BCUT2D eigenvalue weighted by molar-refractivity contribution is 8.08. The number of nitrogens with one attached hydrogen (secondary N) is 1. The van der Waals surface area contributed by atoms with Gasteiger partial charge in [0.25, 0.3) is 0 Å². The standard InChI is InChI=1S/C6H15NO2S2/c1-3-4-5-6-10-7-11(2,8)9/h7H,3-6H2,1-2H3. The Morgan fingerprint density at radius 2 is 2.00 bits per heavy atom. The molecule has 0 aromatic heterocycles. The molecule has 0 heterocycles. The molecule has 1 N–H and O–H groups in total. The highest BCUT2D eigenvalue weighted by Crippen LogP contribution is 2.02. The van der Waals surface area contributed by atoms with Gasteiger partial charge in [0.1, 0.15) is 0 Å². The molecule has 3 nitrogen and oxygen atoms in total. The maximum atomic E-state index is 10.5. The van der Waals surface area contributed by atoms with Crippen LogP contribution >= 0.6 is 11.9 Å². The highest BCUT2D eigenvalue weighted by Gasteiger charge is 1.98. The van der Waals surface area contributed by atoms with Gasteiger partial charge in [-0.1, -0.05) is 31.7 Å². The Bertz CT molecular complexity index is 177. The Labute approximate surface area is 73.1 Å². The van der Waals surface area contributed by atoms with Gasteiger partial charge in [-0.25, -0.2) is 8.42 Å². The third-order valence-electron chi connectivity index (χ3n) is 1.06. The highest BCUT2D eigenvalue weighted by atomic mass is 32.3. The molecule has 0 aromatic rings. The third kappa shape index (κ3) is 10.3. The van der Waals surface area contributed by atoms with Crippen molar-refractivity contribution in [1.29, 1.82) is 0 Å². The van der Waals surface area contributed by atoms with E-state index in [-0.39, 0.29) is 0 Å². The maximum Gasteiger partial charge on any atom is 0.217 e. The first-order valence-electron chi connectivity index (χ1n) is 3.65. The van der Waals surface area contributed by atoms with Crippen LogP contribution < -0.4 is 4.13 Å². The summed E-state index contributed by atoms with van der Waals surface area (Å²) in [6.07, 6.45) is 4.57. The van der Waals surface area contributed by atoms with Gasteiger partial charge in [-0.15, -0.1) is 0 Å². The lowest BCUT2D eigenvalue weighted by atomic mass is 10.3. The van der Waals surface area contributed by atoms with Gasteiger partial charge in [0.05, 0.1) is 6.26 Å². The van der Waals surface area contributed by atoms with E-state index in [9.17, 15) is 8.42 Å². The van der Waals surface area contributed by atoms with Crippen molar-refractivity contribution in [3.05, 3.63) is 0 Å². The number of rotatable bonds is 6. The first kappa shape index (κ1) is 11.3. The number of unbranched alkanes of at least 4 members (excludes halogenated alkanes) is 2. The van der Waals surface area contributed by atoms with Crippen molar-refractivity contribution in [3.8, 4) is 0 Å². The fourth-order valence-electron chi connectivity index (χ4n) is 0.573. The predicted molar refractivity (Wildman–Crippen MR) is 50.0 cm³/mol. The van der Waals surface area contributed by atoms with Crippen molar-refractivity contribution >= 4 is 22.0 Å². The summed E-state index contributed by atoms with van der Waals surface area (Å²) in [7, 11) is -3.00. The molecule has 0 saturated heterocycles. The molecular weight excluding hydrogens is 182 g/mol. The van der Waals surface area contributed by atoms with Crippen molar-refractivity contribution in [3.63, 3.8) is 0 Å². The van der Waals surface area contributed by atoms with Gasteiger partial charge >= 0.3 is 0 Å². The molecule has 0 atom stereocenters. The lowest BCUT2D eigenvalue weighted by molar-refractivity contribution is 0.600. The van der Waals surface area contributed by atoms with Crippen LogP contribution in [0.3, 0.4) is 0 Å². The van der Waals surface area contributed by atoms with Crippen LogP contribution in [0.15, 0.2) is 0 Å². The number of sulfonamides is 1. The third-order valence-corrected chi connectivity index (χ3v) is 3.24. The molecule has 0 bridgehead atoms. The molecule has 0 aliphatic heterocycles. The van der Waals surface area contributed by atoms with E-state index in [2.05, 4.69) is 11.1 Å².